The number of hydrogen-bond donors (Lipinski definition) is 3. The van der Waals surface area contributed by atoms with E-state index in [1.54, 1.807) is 0 Å². The third kappa shape index (κ3) is 3.08. The van der Waals surface area contributed by atoms with Crippen molar-refractivity contribution in [2.24, 2.45) is 5.73 Å². The number of nitrogens with one attached hydrogen (secondary N) is 1. The molecule has 0 aliphatic heterocycles. The summed E-state index contributed by atoms with van der Waals surface area (Å²) >= 11 is 0. The summed E-state index contributed by atoms with van der Waals surface area (Å²) in [5.41, 5.74) is 5.94. The lowest BCUT2D eigenvalue weighted by molar-refractivity contribution is 0.0946. The Labute approximate surface area is 108 Å². The lowest BCUT2D eigenvalue weighted by Crippen LogP contribution is -2.23. The third-order valence-corrected chi connectivity index (χ3v) is 2.42. The zero-order valence-corrected chi connectivity index (χ0v) is 9.89. The molecule has 19 heavy (non-hydrogen) atoms. The normalized spacial score (nSPS) is 10.4. The summed E-state index contributed by atoms with van der Waals surface area (Å²) in [6.07, 6.45) is 1.20. The molecule has 2 aromatic rings. The second-order valence-electron chi connectivity index (χ2n) is 3.80. The first-order valence-corrected chi connectivity index (χ1v) is 5.50. The van der Waals surface area contributed by atoms with E-state index in [2.05, 4.69) is 10.3 Å². The summed E-state index contributed by atoms with van der Waals surface area (Å²) in [7, 11) is 0. The van der Waals surface area contributed by atoms with E-state index in [0.717, 1.165) is 6.07 Å². The van der Waals surface area contributed by atoms with E-state index in [9.17, 15) is 9.18 Å². The van der Waals surface area contributed by atoms with E-state index in [4.69, 9.17) is 15.3 Å². The van der Waals surface area contributed by atoms with Gasteiger partial charge in [-0.3, -0.25) is 4.79 Å². The number of amides is 1. The molecule has 0 radical (unpaired) electrons. The summed E-state index contributed by atoms with van der Waals surface area (Å²) in [5, 5.41) is 11.6. The molecule has 0 unspecified atom stereocenters. The van der Waals surface area contributed by atoms with Gasteiger partial charge in [-0.1, -0.05) is 6.07 Å². The molecule has 1 aromatic heterocycles. The molecule has 4 N–H and O–H groups in total. The Bertz CT molecular complexity index is 598. The van der Waals surface area contributed by atoms with Gasteiger partial charge < -0.3 is 20.6 Å². The molecular weight excluding hydrogens is 253 g/mol. The molecule has 6 nitrogen and oxygen atoms in total. The van der Waals surface area contributed by atoms with Crippen LogP contribution >= 0.6 is 0 Å². The molecule has 1 amide bonds. The smallest absolute Gasteiger partial charge is 0.273 e. The highest BCUT2D eigenvalue weighted by molar-refractivity contribution is 5.91. The molecule has 100 valence electrons. The van der Waals surface area contributed by atoms with Crippen LogP contribution in [0, 0.1) is 5.82 Å². The van der Waals surface area contributed by atoms with E-state index < -0.39 is 17.5 Å². The first-order valence-electron chi connectivity index (χ1n) is 5.50. The maximum atomic E-state index is 13.1. The van der Waals surface area contributed by atoms with E-state index >= 15 is 0 Å². The minimum absolute atomic E-state index is 0.108. The number of benzene rings is 1. The van der Waals surface area contributed by atoms with Crippen LogP contribution in [-0.2, 0) is 13.1 Å². The van der Waals surface area contributed by atoms with Gasteiger partial charge in [0.2, 0.25) is 5.89 Å². The number of aromatic nitrogens is 1. The molecule has 1 heterocycles. The number of carbonyl (C=O) groups excluding carboxylic acids is 1. The first kappa shape index (κ1) is 13.0. The highest BCUT2D eigenvalue weighted by Gasteiger charge is 2.11. The summed E-state index contributed by atoms with van der Waals surface area (Å²) < 4.78 is 18.0. The lowest BCUT2D eigenvalue weighted by Gasteiger charge is -2.04. The monoisotopic (exact) mass is 265 g/mol. The molecule has 0 atom stereocenters. The molecule has 0 aliphatic rings. The Morgan fingerprint density at radius 1 is 1.53 bits per heavy atom. The molecule has 0 saturated heterocycles. The van der Waals surface area contributed by atoms with Crippen LogP contribution in [0.3, 0.4) is 0 Å². The first-order chi connectivity index (χ1) is 9.10. The van der Waals surface area contributed by atoms with Crippen molar-refractivity contribution in [1.29, 1.82) is 0 Å². The van der Waals surface area contributed by atoms with Crippen LogP contribution in [0.4, 0.5) is 4.39 Å². The van der Waals surface area contributed by atoms with E-state index in [1.165, 1.54) is 18.4 Å². The third-order valence-electron chi connectivity index (χ3n) is 2.42. The van der Waals surface area contributed by atoms with Crippen LogP contribution in [0.5, 0.6) is 5.75 Å². The molecule has 0 saturated carbocycles. The molecule has 1 aromatic carbocycles. The number of carbonyl (C=O) groups is 1. The summed E-state index contributed by atoms with van der Waals surface area (Å²) in [5.74, 6) is -1.35. The van der Waals surface area contributed by atoms with Crippen molar-refractivity contribution < 1.29 is 18.7 Å². The van der Waals surface area contributed by atoms with Gasteiger partial charge in [-0.25, -0.2) is 9.37 Å². The van der Waals surface area contributed by atoms with E-state index in [-0.39, 0.29) is 24.7 Å². The average Bonchev–Trinajstić information content (AvgIpc) is 2.88. The second kappa shape index (κ2) is 5.49. The van der Waals surface area contributed by atoms with Crippen molar-refractivity contribution in [3.63, 3.8) is 0 Å². The zero-order chi connectivity index (χ0) is 13.8. The van der Waals surface area contributed by atoms with Gasteiger partial charge in [0.25, 0.3) is 5.91 Å². The number of phenols is 1. The standard InChI is InChI=1S/C12H12FN3O3/c13-8-3-7(1-2-10(8)17)5-15-12(18)9-6-19-11(4-14)16-9/h1-3,6,17H,4-5,14H2,(H,15,18). The number of rotatable bonds is 4. The highest BCUT2D eigenvalue weighted by atomic mass is 19.1. The topological polar surface area (TPSA) is 101 Å². The fourth-order valence-corrected chi connectivity index (χ4v) is 1.44. The van der Waals surface area contributed by atoms with Gasteiger partial charge in [0.05, 0.1) is 6.54 Å². The van der Waals surface area contributed by atoms with Crippen LogP contribution in [0.25, 0.3) is 0 Å². The quantitative estimate of drug-likeness (QED) is 0.762. The Kier molecular flexibility index (Phi) is 3.76. The Morgan fingerprint density at radius 3 is 2.95 bits per heavy atom. The predicted octanol–water partition coefficient (Wildman–Crippen LogP) is 0.908. The second-order valence-corrected chi connectivity index (χ2v) is 3.80. The number of nitrogens with zero attached hydrogens (tertiary/aromatic N) is 1. The summed E-state index contributed by atoms with van der Waals surface area (Å²) in [6.45, 7) is 0.220. The van der Waals surface area contributed by atoms with Gasteiger partial charge in [-0.15, -0.1) is 0 Å². The summed E-state index contributed by atoms with van der Waals surface area (Å²) in [4.78, 5) is 15.5. The SMILES string of the molecule is NCc1nc(C(=O)NCc2ccc(O)c(F)c2)co1. The van der Waals surface area contributed by atoms with Crippen molar-refractivity contribution in [1.82, 2.24) is 10.3 Å². The lowest BCUT2D eigenvalue weighted by atomic mass is 10.2. The number of oxazole rings is 1. The van der Waals surface area contributed by atoms with Gasteiger partial charge in [0.1, 0.15) is 6.26 Å². The highest BCUT2D eigenvalue weighted by Crippen LogP contribution is 2.16. The maximum Gasteiger partial charge on any atom is 0.273 e. The predicted molar refractivity (Wildman–Crippen MR) is 63.6 cm³/mol. The minimum atomic E-state index is -0.737. The number of hydrogen-bond acceptors (Lipinski definition) is 5. The van der Waals surface area contributed by atoms with E-state index in [1.807, 2.05) is 0 Å². The average molecular weight is 265 g/mol. The van der Waals surface area contributed by atoms with Crippen molar-refractivity contribution in [3.8, 4) is 5.75 Å². The fraction of sp³-hybridized carbons (Fsp3) is 0.167. The number of aromatic hydroxyl groups is 1. The van der Waals surface area contributed by atoms with Gasteiger partial charge in [0.15, 0.2) is 17.3 Å². The molecule has 0 spiro atoms. The van der Waals surface area contributed by atoms with Crippen LogP contribution in [0.15, 0.2) is 28.9 Å². The van der Waals surface area contributed by atoms with Gasteiger partial charge in [-0.05, 0) is 17.7 Å². The van der Waals surface area contributed by atoms with Crippen LogP contribution in [0.2, 0.25) is 0 Å². The molecule has 0 fully saturated rings. The van der Waals surface area contributed by atoms with Gasteiger partial charge in [0, 0.05) is 6.54 Å². The number of nitrogens with two attached hydrogens (primary N) is 1. The Balaban J connectivity index is 1.98. The molecule has 0 bridgehead atoms. The van der Waals surface area contributed by atoms with Gasteiger partial charge in [-0.2, -0.15) is 0 Å². The van der Waals surface area contributed by atoms with Gasteiger partial charge >= 0.3 is 0 Å². The number of phenolic OH excluding ortho intramolecular Hbond substituents is 1. The molecular formula is C12H12FN3O3. The maximum absolute atomic E-state index is 13.1. The van der Waals surface area contributed by atoms with E-state index in [0.29, 0.717) is 5.56 Å². The molecule has 2 rings (SSSR count). The number of halogens is 1. The van der Waals surface area contributed by atoms with Crippen LogP contribution in [0.1, 0.15) is 21.9 Å². The van der Waals surface area contributed by atoms with Crippen LogP contribution in [-0.4, -0.2) is 16.0 Å². The minimum Gasteiger partial charge on any atom is -0.505 e. The molecule has 0 aliphatic carbocycles. The van der Waals surface area contributed by atoms with Crippen molar-refractivity contribution in [3.05, 3.63) is 47.4 Å². The Morgan fingerprint density at radius 2 is 2.32 bits per heavy atom. The van der Waals surface area contributed by atoms with Crippen molar-refractivity contribution >= 4 is 5.91 Å². The largest absolute Gasteiger partial charge is 0.505 e. The fourth-order valence-electron chi connectivity index (χ4n) is 1.44. The zero-order valence-electron chi connectivity index (χ0n) is 9.89. The summed E-state index contributed by atoms with van der Waals surface area (Å²) in [6, 6.07) is 3.87. The van der Waals surface area contributed by atoms with Crippen molar-refractivity contribution in [2.45, 2.75) is 13.1 Å². The molecule has 7 heteroatoms. The van der Waals surface area contributed by atoms with Crippen LogP contribution < -0.4 is 11.1 Å². The van der Waals surface area contributed by atoms with Crippen molar-refractivity contribution in [2.75, 3.05) is 0 Å². The Hall–Kier alpha value is -2.41.